The normalized spacial score (nSPS) is 12.3. The van der Waals surface area contributed by atoms with Crippen LogP contribution in [-0.4, -0.2) is 18.2 Å². The van der Waals surface area contributed by atoms with Crippen LogP contribution in [0.5, 0.6) is 0 Å². The van der Waals surface area contributed by atoms with Crippen molar-refractivity contribution >= 4 is 5.97 Å². The molecule has 0 unspecified atom stereocenters. The maximum absolute atomic E-state index is 11.0. The molecule has 1 aromatic carbocycles. The van der Waals surface area contributed by atoms with Crippen molar-refractivity contribution in [2.45, 2.75) is 26.4 Å². The van der Waals surface area contributed by atoms with E-state index in [4.69, 9.17) is 0 Å². The Kier molecular flexibility index (Phi) is 3.86. The van der Waals surface area contributed by atoms with Crippen LogP contribution in [-0.2, 0) is 9.53 Å². The average Bonchev–Trinajstić information content (AvgIpc) is 2.21. The van der Waals surface area contributed by atoms with E-state index >= 15 is 0 Å². The Morgan fingerprint density at radius 1 is 1.40 bits per heavy atom. The van der Waals surface area contributed by atoms with E-state index in [0.29, 0.717) is 0 Å². The number of aliphatic hydroxyl groups is 1. The molecule has 0 saturated carbocycles. The molecule has 3 nitrogen and oxygen atoms in total. The van der Waals surface area contributed by atoms with Crippen LogP contribution < -0.4 is 0 Å². The minimum absolute atomic E-state index is 0.000991. The summed E-state index contributed by atoms with van der Waals surface area (Å²) in [5.74, 6) is -0.402. The van der Waals surface area contributed by atoms with E-state index in [-0.39, 0.29) is 6.42 Å². The second-order valence-corrected chi connectivity index (χ2v) is 3.64. The summed E-state index contributed by atoms with van der Waals surface area (Å²) in [5, 5.41) is 9.74. The summed E-state index contributed by atoms with van der Waals surface area (Å²) in [6.07, 6.45) is -0.782. The van der Waals surface area contributed by atoms with E-state index in [9.17, 15) is 9.90 Å². The summed E-state index contributed by atoms with van der Waals surface area (Å²) < 4.78 is 4.50. The molecule has 1 N–H and O–H groups in total. The zero-order valence-corrected chi connectivity index (χ0v) is 9.28. The highest BCUT2D eigenvalue weighted by atomic mass is 16.5. The van der Waals surface area contributed by atoms with Crippen molar-refractivity contribution in [3.05, 3.63) is 34.9 Å². The Bertz CT molecular complexity index is 358. The van der Waals surface area contributed by atoms with E-state index in [1.807, 2.05) is 32.0 Å². The van der Waals surface area contributed by atoms with Crippen LogP contribution in [0.3, 0.4) is 0 Å². The smallest absolute Gasteiger partial charge is 0.308 e. The highest BCUT2D eigenvalue weighted by Crippen LogP contribution is 2.19. The summed E-state index contributed by atoms with van der Waals surface area (Å²) in [6, 6.07) is 5.66. The van der Waals surface area contributed by atoms with Gasteiger partial charge in [-0.05, 0) is 30.5 Å². The predicted molar refractivity (Wildman–Crippen MR) is 57.5 cm³/mol. The third-order valence-corrected chi connectivity index (χ3v) is 2.50. The third-order valence-electron chi connectivity index (χ3n) is 2.50. The van der Waals surface area contributed by atoms with Crippen molar-refractivity contribution in [3.8, 4) is 0 Å². The first-order valence-electron chi connectivity index (χ1n) is 4.86. The van der Waals surface area contributed by atoms with Gasteiger partial charge < -0.3 is 9.84 Å². The number of methoxy groups -OCH3 is 1. The molecule has 0 aromatic heterocycles. The van der Waals surface area contributed by atoms with E-state index in [1.54, 1.807) is 0 Å². The molecule has 15 heavy (non-hydrogen) atoms. The van der Waals surface area contributed by atoms with Crippen LogP contribution in [0.4, 0.5) is 0 Å². The fourth-order valence-corrected chi connectivity index (χ4v) is 1.33. The van der Waals surface area contributed by atoms with Crippen molar-refractivity contribution < 1.29 is 14.6 Å². The minimum Gasteiger partial charge on any atom is -0.469 e. The summed E-state index contributed by atoms with van der Waals surface area (Å²) >= 11 is 0. The van der Waals surface area contributed by atoms with Gasteiger partial charge in [-0.3, -0.25) is 4.79 Å². The molecule has 0 bridgehead atoms. The predicted octanol–water partition coefficient (Wildman–Crippen LogP) is 1.90. The minimum atomic E-state index is -0.781. The van der Waals surface area contributed by atoms with Crippen LogP contribution in [0.1, 0.15) is 29.2 Å². The van der Waals surface area contributed by atoms with Crippen LogP contribution >= 0.6 is 0 Å². The van der Waals surface area contributed by atoms with Crippen molar-refractivity contribution in [2.75, 3.05) is 7.11 Å². The third kappa shape index (κ3) is 3.06. The topological polar surface area (TPSA) is 46.5 Å². The molecule has 0 spiro atoms. The van der Waals surface area contributed by atoms with Crippen LogP contribution in [0.25, 0.3) is 0 Å². The number of benzene rings is 1. The summed E-state index contributed by atoms with van der Waals surface area (Å²) in [7, 11) is 1.31. The van der Waals surface area contributed by atoms with Crippen molar-refractivity contribution in [3.63, 3.8) is 0 Å². The second-order valence-electron chi connectivity index (χ2n) is 3.64. The van der Waals surface area contributed by atoms with Gasteiger partial charge in [0, 0.05) is 0 Å². The number of ether oxygens (including phenoxy) is 1. The molecule has 1 aromatic rings. The number of rotatable bonds is 3. The Hall–Kier alpha value is -1.35. The average molecular weight is 208 g/mol. The largest absolute Gasteiger partial charge is 0.469 e. The highest BCUT2D eigenvalue weighted by Gasteiger charge is 2.13. The van der Waals surface area contributed by atoms with E-state index < -0.39 is 12.1 Å². The molecule has 0 fully saturated rings. The maximum atomic E-state index is 11.0. The second kappa shape index (κ2) is 4.94. The Labute approximate surface area is 89.7 Å². The summed E-state index contributed by atoms with van der Waals surface area (Å²) in [5.41, 5.74) is 3.03. The first kappa shape index (κ1) is 11.7. The lowest BCUT2D eigenvalue weighted by Gasteiger charge is -2.11. The standard InChI is InChI=1S/C12H16O3/c1-8-4-5-10(6-9(8)2)11(13)7-12(14)15-3/h4-6,11,13H,7H2,1-3H3/t11-/m1/s1. The molecule has 0 aliphatic heterocycles. The molecule has 0 radical (unpaired) electrons. The molecular formula is C12H16O3. The fraction of sp³-hybridized carbons (Fsp3) is 0.417. The molecule has 0 amide bonds. The summed E-state index contributed by atoms with van der Waals surface area (Å²) in [4.78, 5) is 11.0. The van der Waals surface area contributed by atoms with Gasteiger partial charge >= 0.3 is 5.97 Å². The zero-order chi connectivity index (χ0) is 11.4. The molecule has 3 heteroatoms. The first-order valence-corrected chi connectivity index (χ1v) is 4.86. The van der Waals surface area contributed by atoms with Crippen LogP contribution in [0, 0.1) is 13.8 Å². The van der Waals surface area contributed by atoms with Gasteiger partial charge in [-0.15, -0.1) is 0 Å². The monoisotopic (exact) mass is 208 g/mol. The lowest BCUT2D eigenvalue weighted by molar-refractivity contribution is -0.142. The van der Waals surface area contributed by atoms with Gasteiger partial charge in [0.15, 0.2) is 0 Å². The number of hydrogen-bond acceptors (Lipinski definition) is 3. The van der Waals surface area contributed by atoms with Gasteiger partial charge in [0.25, 0.3) is 0 Å². The molecule has 1 rings (SSSR count). The molecule has 1 atom stereocenters. The molecule has 0 saturated heterocycles. The number of hydrogen-bond donors (Lipinski definition) is 1. The van der Waals surface area contributed by atoms with Crippen LogP contribution in [0.15, 0.2) is 18.2 Å². The first-order chi connectivity index (χ1) is 7.04. The lowest BCUT2D eigenvalue weighted by Crippen LogP contribution is -2.08. The van der Waals surface area contributed by atoms with Crippen molar-refractivity contribution in [1.82, 2.24) is 0 Å². The van der Waals surface area contributed by atoms with Gasteiger partial charge in [-0.1, -0.05) is 18.2 Å². The number of aliphatic hydroxyl groups excluding tert-OH is 1. The van der Waals surface area contributed by atoms with Gasteiger partial charge in [0.2, 0.25) is 0 Å². The number of carbonyl (C=O) groups excluding carboxylic acids is 1. The SMILES string of the molecule is COC(=O)C[C@@H](O)c1ccc(C)c(C)c1. The Morgan fingerprint density at radius 3 is 2.60 bits per heavy atom. The van der Waals surface area contributed by atoms with Crippen molar-refractivity contribution in [2.24, 2.45) is 0 Å². The van der Waals surface area contributed by atoms with Gasteiger partial charge in [-0.25, -0.2) is 0 Å². The molecule has 0 heterocycles. The fourth-order valence-electron chi connectivity index (χ4n) is 1.33. The van der Waals surface area contributed by atoms with Gasteiger partial charge in [0.05, 0.1) is 19.6 Å². The van der Waals surface area contributed by atoms with Gasteiger partial charge in [0.1, 0.15) is 0 Å². The molecule has 0 aliphatic rings. The lowest BCUT2D eigenvalue weighted by atomic mass is 10.0. The maximum Gasteiger partial charge on any atom is 0.308 e. The Morgan fingerprint density at radius 2 is 2.07 bits per heavy atom. The number of aryl methyl sites for hydroxylation is 2. The zero-order valence-electron chi connectivity index (χ0n) is 9.28. The van der Waals surface area contributed by atoms with E-state index in [2.05, 4.69) is 4.74 Å². The van der Waals surface area contributed by atoms with Crippen molar-refractivity contribution in [1.29, 1.82) is 0 Å². The van der Waals surface area contributed by atoms with E-state index in [1.165, 1.54) is 12.7 Å². The number of esters is 1. The highest BCUT2D eigenvalue weighted by molar-refractivity contribution is 5.70. The Balaban J connectivity index is 2.78. The summed E-state index contributed by atoms with van der Waals surface area (Å²) in [6.45, 7) is 3.98. The number of carbonyl (C=O) groups is 1. The molecular weight excluding hydrogens is 192 g/mol. The quantitative estimate of drug-likeness (QED) is 0.772. The van der Waals surface area contributed by atoms with Crippen LogP contribution in [0.2, 0.25) is 0 Å². The van der Waals surface area contributed by atoms with Gasteiger partial charge in [-0.2, -0.15) is 0 Å². The molecule has 0 aliphatic carbocycles. The molecule has 82 valence electrons. The van der Waals surface area contributed by atoms with E-state index in [0.717, 1.165) is 11.1 Å².